The molecule has 1 saturated heterocycles. The quantitative estimate of drug-likeness (QED) is 0.145. The summed E-state index contributed by atoms with van der Waals surface area (Å²) in [6.07, 6.45) is 8.96. The minimum atomic E-state index is -3.00. The zero-order valence-electron chi connectivity index (χ0n) is 30.1. The largest absolute Gasteiger partial charge is 0.370 e. The summed E-state index contributed by atoms with van der Waals surface area (Å²) in [5.74, 6) is 4.76. The number of amides is 2. The van der Waals surface area contributed by atoms with Gasteiger partial charge in [0, 0.05) is 37.1 Å². The van der Waals surface area contributed by atoms with E-state index in [4.69, 9.17) is 15.0 Å². The summed E-state index contributed by atoms with van der Waals surface area (Å²) >= 11 is 0. The van der Waals surface area contributed by atoms with E-state index in [9.17, 15) is 13.2 Å². The van der Waals surface area contributed by atoms with Gasteiger partial charge in [-0.25, -0.2) is 23.2 Å². The lowest BCUT2D eigenvalue weighted by atomic mass is 9.98. The molecule has 0 atom stereocenters. The van der Waals surface area contributed by atoms with Crippen molar-refractivity contribution in [3.05, 3.63) is 42.1 Å². The van der Waals surface area contributed by atoms with Gasteiger partial charge in [0.15, 0.2) is 5.65 Å². The van der Waals surface area contributed by atoms with Gasteiger partial charge in [-0.1, -0.05) is 72.4 Å². The van der Waals surface area contributed by atoms with Crippen molar-refractivity contribution >= 4 is 58.1 Å². The summed E-state index contributed by atoms with van der Waals surface area (Å²) in [6, 6.07) is 9.78. The maximum absolute atomic E-state index is 13.0. The van der Waals surface area contributed by atoms with Crippen LogP contribution in [0.1, 0.15) is 85.6 Å². The first-order valence-corrected chi connectivity index (χ1v) is 22.1. The van der Waals surface area contributed by atoms with E-state index in [0.717, 1.165) is 73.9 Å². The van der Waals surface area contributed by atoms with E-state index in [1.54, 1.807) is 6.20 Å². The van der Waals surface area contributed by atoms with E-state index in [-0.39, 0.29) is 23.7 Å². The Kier molecular flexibility index (Phi) is 11.5. The van der Waals surface area contributed by atoms with Crippen molar-refractivity contribution in [2.75, 3.05) is 40.6 Å². The first kappa shape index (κ1) is 36.6. The van der Waals surface area contributed by atoms with Gasteiger partial charge in [0.2, 0.25) is 5.95 Å². The number of carbonyl (C=O) groups is 1. The standard InChI is InChI=1S/C37H53N7O3SSi/c1-25(2)49(26(3)4,27(5)6)21-18-29-22-34(42-37(45)39-30-12-8-9-13-30)41-35-31(29)23-38-36(43-35)40-32-14-10-11-15-33(32)44-19-16-28(17-20-44)24-48(7,46)47/h10-11,14-15,22-23,25-28,30H,8-9,12-13,16-17,19-20,24H2,1-7H3,(H3,38,39,40,41,42,43,45). The van der Waals surface area contributed by atoms with E-state index < -0.39 is 17.9 Å². The molecule has 1 aliphatic carbocycles. The zero-order valence-corrected chi connectivity index (χ0v) is 32.0. The highest BCUT2D eigenvalue weighted by Crippen LogP contribution is 2.41. The molecule has 3 N–H and O–H groups in total. The maximum atomic E-state index is 13.0. The number of urea groups is 1. The Balaban J connectivity index is 1.47. The van der Waals surface area contributed by atoms with Crippen molar-refractivity contribution in [2.24, 2.45) is 5.92 Å². The molecule has 5 rings (SSSR count). The second kappa shape index (κ2) is 15.5. The summed E-state index contributed by atoms with van der Waals surface area (Å²) in [7, 11) is -5.04. The minimum Gasteiger partial charge on any atom is -0.370 e. The average Bonchev–Trinajstić information content (AvgIpc) is 3.53. The lowest BCUT2D eigenvalue weighted by Gasteiger charge is -2.38. The van der Waals surface area contributed by atoms with Crippen LogP contribution in [0, 0.1) is 17.4 Å². The van der Waals surface area contributed by atoms with Gasteiger partial charge in [-0.05, 0) is 66.4 Å². The summed E-state index contributed by atoms with van der Waals surface area (Å²) in [5.41, 5.74) is 8.31. The van der Waals surface area contributed by atoms with Crippen LogP contribution in [-0.4, -0.2) is 68.6 Å². The number of sulfone groups is 1. The Morgan fingerprint density at radius 3 is 2.27 bits per heavy atom. The van der Waals surface area contributed by atoms with Gasteiger partial charge in [0.25, 0.3) is 0 Å². The number of anilines is 4. The molecule has 1 aromatic carbocycles. The highest BCUT2D eigenvalue weighted by molar-refractivity contribution is 7.90. The smallest absolute Gasteiger partial charge is 0.320 e. The Hall–Kier alpha value is -3.69. The average molecular weight is 704 g/mol. The Morgan fingerprint density at radius 1 is 0.980 bits per heavy atom. The Labute approximate surface area is 293 Å². The molecule has 2 amide bonds. The van der Waals surface area contributed by atoms with Crippen LogP contribution in [0.25, 0.3) is 11.0 Å². The van der Waals surface area contributed by atoms with Crippen molar-refractivity contribution < 1.29 is 13.2 Å². The molecule has 3 aromatic rings. The van der Waals surface area contributed by atoms with E-state index in [1.165, 1.54) is 6.26 Å². The fraction of sp³-hybridized carbons (Fsp3) is 0.568. The van der Waals surface area contributed by atoms with Gasteiger partial charge in [-0.2, -0.15) is 4.98 Å². The number of nitrogens with zero attached hydrogens (tertiary/aromatic N) is 4. The summed E-state index contributed by atoms with van der Waals surface area (Å²) in [6.45, 7) is 15.3. The van der Waals surface area contributed by atoms with Crippen LogP contribution in [0.3, 0.4) is 0 Å². The van der Waals surface area contributed by atoms with Gasteiger partial charge >= 0.3 is 6.03 Å². The summed E-state index contributed by atoms with van der Waals surface area (Å²) in [5, 5.41) is 10.2. The highest BCUT2D eigenvalue weighted by atomic mass is 32.2. The van der Waals surface area contributed by atoms with Crippen molar-refractivity contribution in [1.29, 1.82) is 0 Å². The van der Waals surface area contributed by atoms with Gasteiger partial charge in [0.05, 0.1) is 22.5 Å². The van der Waals surface area contributed by atoms with Crippen LogP contribution in [0.15, 0.2) is 36.5 Å². The molecule has 0 bridgehead atoms. The predicted molar refractivity (Wildman–Crippen MR) is 204 cm³/mol. The molecule has 2 fully saturated rings. The lowest BCUT2D eigenvalue weighted by Crippen LogP contribution is -2.43. The molecule has 0 radical (unpaired) electrons. The normalized spacial score (nSPS) is 16.3. The van der Waals surface area contributed by atoms with Crippen LogP contribution in [0.2, 0.25) is 16.6 Å². The number of aromatic nitrogens is 3. The van der Waals surface area contributed by atoms with Gasteiger partial charge in [0.1, 0.15) is 23.7 Å². The number of carbonyl (C=O) groups excluding carboxylic acids is 1. The third kappa shape index (κ3) is 8.92. The van der Waals surface area contributed by atoms with Gasteiger partial charge in [-0.3, -0.25) is 5.32 Å². The molecule has 2 aromatic heterocycles. The van der Waals surface area contributed by atoms with E-state index in [1.807, 2.05) is 24.3 Å². The van der Waals surface area contributed by atoms with Crippen molar-refractivity contribution in [3.8, 4) is 11.5 Å². The molecule has 10 nitrogen and oxygen atoms in total. The Morgan fingerprint density at radius 2 is 1.63 bits per heavy atom. The monoisotopic (exact) mass is 703 g/mol. The number of nitrogens with one attached hydrogen (secondary N) is 3. The second-order valence-electron chi connectivity index (χ2n) is 14.9. The van der Waals surface area contributed by atoms with Crippen LogP contribution < -0.4 is 20.9 Å². The maximum Gasteiger partial charge on any atom is 0.320 e. The molecule has 12 heteroatoms. The SMILES string of the molecule is CC(C)[Si](C#Cc1cc(NC(=O)NC2CCCC2)nc2nc(Nc3ccccc3N3CCC(CS(C)(=O)=O)CC3)ncc12)(C(C)C)C(C)C. The number of para-hydroxylation sites is 2. The van der Waals surface area contributed by atoms with Gasteiger partial charge in [-0.15, -0.1) is 5.54 Å². The van der Waals surface area contributed by atoms with E-state index in [0.29, 0.717) is 34.0 Å². The molecule has 1 aliphatic heterocycles. The first-order chi connectivity index (χ1) is 23.2. The van der Waals surface area contributed by atoms with Crippen molar-refractivity contribution in [2.45, 2.75) is 103 Å². The topological polar surface area (TPSA) is 129 Å². The molecule has 2 aliphatic rings. The number of pyridine rings is 1. The third-order valence-electron chi connectivity index (χ3n) is 10.4. The molecule has 264 valence electrons. The number of piperidine rings is 1. The number of hydrogen-bond acceptors (Lipinski definition) is 8. The number of hydrogen-bond donors (Lipinski definition) is 3. The predicted octanol–water partition coefficient (Wildman–Crippen LogP) is 7.66. The summed E-state index contributed by atoms with van der Waals surface area (Å²) < 4.78 is 23.7. The zero-order chi connectivity index (χ0) is 35.3. The minimum absolute atomic E-state index is 0.177. The fourth-order valence-electron chi connectivity index (χ4n) is 8.00. The van der Waals surface area contributed by atoms with Crippen LogP contribution in [-0.2, 0) is 9.84 Å². The number of fused-ring (bicyclic) bond motifs is 1. The molecule has 3 heterocycles. The summed E-state index contributed by atoms with van der Waals surface area (Å²) in [4.78, 5) is 29.6. The fourth-order valence-corrected chi connectivity index (χ4v) is 14.4. The Bertz CT molecular complexity index is 1780. The van der Waals surface area contributed by atoms with Crippen LogP contribution in [0.4, 0.5) is 27.9 Å². The van der Waals surface area contributed by atoms with Gasteiger partial charge < -0.3 is 15.5 Å². The third-order valence-corrected chi connectivity index (χ3v) is 17.8. The molecule has 0 unspecified atom stereocenters. The highest BCUT2D eigenvalue weighted by Gasteiger charge is 2.41. The number of benzene rings is 1. The van der Waals surface area contributed by atoms with Crippen molar-refractivity contribution in [3.63, 3.8) is 0 Å². The number of rotatable bonds is 10. The van der Waals surface area contributed by atoms with Crippen LogP contribution in [0.5, 0.6) is 0 Å². The molecular weight excluding hydrogens is 651 g/mol. The molecular formula is C37H53N7O3SSi. The molecule has 1 saturated carbocycles. The van der Waals surface area contributed by atoms with Crippen LogP contribution >= 0.6 is 0 Å². The second-order valence-corrected chi connectivity index (χ2v) is 22.6. The van der Waals surface area contributed by atoms with Crippen molar-refractivity contribution in [1.82, 2.24) is 20.3 Å². The van der Waals surface area contributed by atoms with E-state index >= 15 is 0 Å². The first-order valence-electron chi connectivity index (χ1n) is 17.8. The molecule has 49 heavy (non-hydrogen) atoms. The molecule has 0 spiro atoms. The van der Waals surface area contributed by atoms with E-state index in [2.05, 4.69) is 79.9 Å². The lowest BCUT2D eigenvalue weighted by molar-refractivity contribution is 0.248.